The fourth-order valence-electron chi connectivity index (χ4n) is 1.81. The van der Waals surface area contributed by atoms with Gasteiger partial charge in [-0.05, 0) is 19.1 Å². The van der Waals surface area contributed by atoms with Crippen LogP contribution in [0.2, 0.25) is 0 Å². The minimum absolute atomic E-state index is 0.0659. The zero-order chi connectivity index (χ0) is 15.4. The summed E-state index contributed by atoms with van der Waals surface area (Å²) in [5, 5.41) is 3.40. The van der Waals surface area contributed by atoms with Gasteiger partial charge in [0, 0.05) is 6.42 Å². The van der Waals surface area contributed by atoms with Crippen LogP contribution in [-0.4, -0.2) is 22.9 Å². The highest BCUT2D eigenvalue weighted by Gasteiger charge is 2.11. The van der Waals surface area contributed by atoms with Gasteiger partial charge in [0.15, 0.2) is 11.1 Å². The molecule has 1 aromatic heterocycles. The normalized spacial score (nSPS) is 11.9. The number of amides is 1. The van der Waals surface area contributed by atoms with E-state index in [4.69, 9.17) is 11.5 Å². The van der Waals surface area contributed by atoms with E-state index in [1.165, 1.54) is 0 Å². The van der Waals surface area contributed by atoms with Gasteiger partial charge in [0.2, 0.25) is 10.6 Å². The minimum Gasteiger partial charge on any atom is -0.370 e. The number of benzene rings is 1. The largest absolute Gasteiger partial charge is 0.370 e. The average Bonchev–Trinajstić information content (AvgIpc) is 2.37. The van der Waals surface area contributed by atoms with Gasteiger partial charge in [0.25, 0.3) is 0 Å². The zero-order valence-electron chi connectivity index (χ0n) is 11.4. The maximum Gasteiger partial charge on any atom is 0.245 e. The van der Waals surface area contributed by atoms with Crippen molar-refractivity contribution >= 4 is 39.2 Å². The van der Waals surface area contributed by atoms with E-state index in [1.807, 2.05) is 0 Å². The molecule has 1 atom stereocenters. The fourth-order valence-corrected chi connectivity index (χ4v) is 2.58. The maximum absolute atomic E-state index is 11.9. The first-order valence-electron chi connectivity index (χ1n) is 6.24. The zero-order valence-corrected chi connectivity index (χ0v) is 12.2. The molecule has 0 radical (unpaired) electrons. The highest BCUT2D eigenvalue weighted by molar-refractivity contribution is 7.13. The lowest BCUT2D eigenvalue weighted by molar-refractivity contribution is -0.116. The molecule has 21 heavy (non-hydrogen) atoms. The number of nitrogens with two attached hydrogens (primary N) is 2. The Morgan fingerprint density at radius 2 is 2.14 bits per heavy atom. The number of carbonyl (C=O) groups excluding carboxylic acids is 1. The van der Waals surface area contributed by atoms with Crippen LogP contribution in [0.4, 0.5) is 5.13 Å². The standard InChI is InChI=1S/C13H15N5O2S/c1-7(16-12(14)15)6-10(19)18-13-17-9-5-3-2-4-8(9)11(20)21-13/h2-5,7H,6H2,1H3,(H4,14,15,16)(H,17,18,19). The third-order valence-corrected chi connectivity index (χ3v) is 3.42. The molecule has 1 unspecified atom stereocenters. The smallest absolute Gasteiger partial charge is 0.245 e. The van der Waals surface area contributed by atoms with Gasteiger partial charge in [0.1, 0.15) is 0 Å². The second-order valence-electron chi connectivity index (χ2n) is 4.48. The molecule has 5 N–H and O–H groups in total. The van der Waals surface area contributed by atoms with Gasteiger partial charge in [0.05, 0.1) is 16.9 Å². The lowest BCUT2D eigenvalue weighted by Gasteiger charge is -2.07. The predicted molar refractivity (Wildman–Crippen MR) is 84.4 cm³/mol. The van der Waals surface area contributed by atoms with Crippen molar-refractivity contribution in [1.82, 2.24) is 4.98 Å². The van der Waals surface area contributed by atoms with Crippen LogP contribution in [0.15, 0.2) is 34.1 Å². The van der Waals surface area contributed by atoms with E-state index in [1.54, 1.807) is 31.2 Å². The molecule has 0 saturated heterocycles. The number of nitrogens with one attached hydrogen (secondary N) is 1. The average molecular weight is 305 g/mol. The van der Waals surface area contributed by atoms with Gasteiger partial charge >= 0.3 is 0 Å². The minimum atomic E-state index is -0.341. The summed E-state index contributed by atoms with van der Waals surface area (Å²) in [6, 6.07) is 6.64. The summed E-state index contributed by atoms with van der Waals surface area (Å²) >= 11 is 0.892. The van der Waals surface area contributed by atoms with Crippen LogP contribution in [0, 0.1) is 0 Å². The molecule has 7 nitrogen and oxygen atoms in total. The van der Waals surface area contributed by atoms with Crippen LogP contribution in [0.3, 0.4) is 0 Å². The Hall–Kier alpha value is -2.48. The van der Waals surface area contributed by atoms with Crippen molar-refractivity contribution in [3.8, 4) is 0 Å². The van der Waals surface area contributed by atoms with Crippen molar-refractivity contribution < 1.29 is 4.79 Å². The summed E-state index contributed by atoms with van der Waals surface area (Å²) in [5.74, 6) is -0.366. The summed E-state index contributed by atoms with van der Waals surface area (Å²) in [6.07, 6.45) is 0.104. The molecule has 0 spiro atoms. The van der Waals surface area contributed by atoms with E-state index in [-0.39, 0.29) is 34.2 Å². The molecular formula is C13H15N5O2S. The second-order valence-corrected chi connectivity index (χ2v) is 5.44. The SMILES string of the molecule is CC(CC(=O)Nc1nc2ccccc2c(=O)s1)N=C(N)N. The molecule has 0 aliphatic heterocycles. The summed E-state index contributed by atoms with van der Waals surface area (Å²) in [6.45, 7) is 1.72. The molecular weight excluding hydrogens is 290 g/mol. The van der Waals surface area contributed by atoms with Crippen LogP contribution < -0.4 is 21.5 Å². The Morgan fingerprint density at radius 3 is 2.86 bits per heavy atom. The third-order valence-electron chi connectivity index (χ3n) is 2.63. The molecule has 2 aromatic rings. The van der Waals surface area contributed by atoms with Crippen molar-refractivity contribution in [1.29, 1.82) is 0 Å². The molecule has 110 valence electrons. The number of guanidine groups is 1. The van der Waals surface area contributed by atoms with E-state index in [9.17, 15) is 9.59 Å². The van der Waals surface area contributed by atoms with E-state index in [0.717, 1.165) is 11.3 Å². The lowest BCUT2D eigenvalue weighted by atomic mass is 10.2. The van der Waals surface area contributed by atoms with Crippen molar-refractivity contribution in [3.63, 3.8) is 0 Å². The Kier molecular flexibility index (Phi) is 4.49. The topological polar surface area (TPSA) is 123 Å². The number of fused-ring (bicyclic) bond motifs is 1. The van der Waals surface area contributed by atoms with Gasteiger partial charge in [-0.25, -0.2) is 4.98 Å². The van der Waals surface area contributed by atoms with Crippen LogP contribution >= 0.6 is 11.3 Å². The number of anilines is 1. The molecule has 0 fully saturated rings. The molecule has 1 amide bonds. The van der Waals surface area contributed by atoms with Crippen molar-refractivity contribution in [3.05, 3.63) is 33.8 Å². The van der Waals surface area contributed by atoms with Crippen LogP contribution in [0.25, 0.3) is 10.9 Å². The highest BCUT2D eigenvalue weighted by atomic mass is 32.1. The predicted octanol–water partition coefficient (Wildman–Crippen LogP) is 0.647. The molecule has 2 rings (SSSR count). The van der Waals surface area contributed by atoms with Gasteiger partial charge in [-0.15, -0.1) is 0 Å². The van der Waals surface area contributed by atoms with E-state index in [0.29, 0.717) is 10.9 Å². The number of aliphatic imine (C=N–C) groups is 1. The number of aromatic nitrogens is 1. The Balaban J connectivity index is 2.15. The monoisotopic (exact) mass is 305 g/mol. The lowest BCUT2D eigenvalue weighted by Crippen LogP contribution is -2.26. The van der Waals surface area contributed by atoms with Crippen LogP contribution in [-0.2, 0) is 4.79 Å². The number of para-hydroxylation sites is 1. The summed E-state index contributed by atoms with van der Waals surface area (Å²) in [5.41, 5.74) is 11.0. The Morgan fingerprint density at radius 1 is 1.43 bits per heavy atom. The number of hydrogen-bond acceptors (Lipinski definition) is 5. The van der Waals surface area contributed by atoms with Crippen molar-refractivity contribution in [2.45, 2.75) is 19.4 Å². The van der Waals surface area contributed by atoms with E-state index in [2.05, 4.69) is 15.3 Å². The Labute approximate surface area is 124 Å². The maximum atomic E-state index is 11.9. The Bertz CT molecular complexity index is 752. The van der Waals surface area contributed by atoms with Crippen molar-refractivity contribution in [2.75, 3.05) is 5.32 Å². The van der Waals surface area contributed by atoms with E-state index < -0.39 is 0 Å². The van der Waals surface area contributed by atoms with Crippen molar-refractivity contribution in [2.24, 2.45) is 16.5 Å². The number of nitrogens with zero attached hydrogens (tertiary/aromatic N) is 2. The molecule has 0 aliphatic carbocycles. The van der Waals surface area contributed by atoms with Gasteiger partial charge < -0.3 is 16.8 Å². The molecule has 0 aliphatic rings. The first kappa shape index (κ1) is 14.9. The molecule has 1 aromatic carbocycles. The molecule has 8 heteroatoms. The highest BCUT2D eigenvalue weighted by Crippen LogP contribution is 2.15. The second kappa shape index (κ2) is 6.31. The molecule has 0 bridgehead atoms. The number of rotatable bonds is 4. The first-order chi connectivity index (χ1) is 9.95. The van der Waals surface area contributed by atoms with Gasteiger partial charge in [-0.1, -0.05) is 23.5 Å². The van der Waals surface area contributed by atoms with Crippen LogP contribution in [0.5, 0.6) is 0 Å². The fraction of sp³-hybridized carbons (Fsp3) is 0.231. The third kappa shape index (κ3) is 3.99. The molecule has 1 heterocycles. The summed E-state index contributed by atoms with van der Waals surface area (Å²) in [4.78, 5) is 31.9. The number of carbonyl (C=O) groups is 1. The quantitative estimate of drug-likeness (QED) is 0.565. The van der Waals surface area contributed by atoms with E-state index >= 15 is 0 Å². The van der Waals surface area contributed by atoms with Crippen LogP contribution in [0.1, 0.15) is 13.3 Å². The van der Waals surface area contributed by atoms with Gasteiger partial charge in [-0.3, -0.25) is 14.6 Å². The number of hydrogen-bond donors (Lipinski definition) is 3. The summed E-state index contributed by atoms with van der Waals surface area (Å²) in [7, 11) is 0. The first-order valence-corrected chi connectivity index (χ1v) is 7.06. The summed E-state index contributed by atoms with van der Waals surface area (Å²) < 4.78 is -0.145. The van der Waals surface area contributed by atoms with Gasteiger partial charge in [-0.2, -0.15) is 0 Å². The molecule has 0 saturated carbocycles.